The third-order valence-electron chi connectivity index (χ3n) is 10.7. The molecule has 0 aliphatic heterocycles. The zero-order valence-electron chi connectivity index (χ0n) is 28.7. The van der Waals surface area contributed by atoms with Crippen LogP contribution in [-0.4, -0.2) is 67.4 Å². The van der Waals surface area contributed by atoms with Gasteiger partial charge in [-0.05, 0) is 81.0 Å². The number of fused-ring (bicyclic) bond motifs is 8. The van der Waals surface area contributed by atoms with Crippen LogP contribution in [0, 0.1) is 5.41 Å². The molecule has 0 aromatic heterocycles. The first-order valence-electron chi connectivity index (χ1n) is 16.7. The lowest BCUT2D eigenvalue weighted by atomic mass is 9.64. The summed E-state index contributed by atoms with van der Waals surface area (Å²) in [6.07, 6.45) is 6.79. The third-order valence-corrected chi connectivity index (χ3v) is 11.9. The van der Waals surface area contributed by atoms with Gasteiger partial charge in [0, 0.05) is 41.3 Å². The molecule has 4 unspecified atom stereocenters. The van der Waals surface area contributed by atoms with Crippen molar-refractivity contribution < 1.29 is 32.9 Å². The van der Waals surface area contributed by atoms with Crippen LogP contribution in [0.3, 0.4) is 0 Å². The van der Waals surface area contributed by atoms with Gasteiger partial charge in [-0.1, -0.05) is 67.1 Å². The van der Waals surface area contributed by atoms with Gasteiger partial charge in [-0.25, -0.2) is 8.42 Å². The average molecular weight is 676 g/mol. The number of aliphatic hydroxyl groups excluding tert-OH is 1. The number of methoxy groups -OCH3 is 2. The van der Waals surface area contributed by atoms with E-state index in [0.717, 1.165) is 17.5 Å². The number of nitrogens with zero attached hydrogens (tertiary/aromatic N) is 1. The van der Waals surface area contributed by atoms with Crippen molar-refractivity contribution in [2.45, 2.75) is 83.0 Å². The monoisotopic (exact) mass is 675 g/mol. The largest absolute Gasteiger partial charge is 0.497 e. The van der Waals surface area contributed by atoms with Crippen LogP contribution < -0.4 is 9.47 Å². The molecule has 3 aromatic rings. The molecule has 2 N–H and O–H groups in total. The summed E-state index contributed by atoms with van der Waals surface area (Å²) < 4.78 is 39.0. The van der Waals surface area contributed by atoms with E-state index >= 15 is 0 Å². The minimum absolute atomic E-state index is 0.0167. The number of hydrogen-bond acceptors (Lipinski definition) is 7. The van der Waals surface area contributed by atoms with Gasteiger partial charge in [0.05, 0.1) is 32.2 Å². The normalized spacial score (nSPS) is 24.9. The van der Waals surface area contributed by atoms with E-state index in [9.17, 15) is 23.4 Å². The standard InChI is InChI=1S/C39H49NO7S/c1-27-10-9-20-38(2)35(33-18-14-28(22-31(41)16-13-27)23-34(33)37(42)29-11-7-6-8-12-29)19-21-39(38,43)26-40(48(5,44)45)25-30-15-17-32(46-3)24-36(30)47-4/h6-8,10-12,14-15,17-18,23-24,31,35,41,43H,9,13,16,19-22,25-26H2,1-5H3. The van der Waals surface area contributed by atoms with Gasteiger partial charge in [0.15, 0.2) is 5.78 Å². The number of sulfonamides is 1. The van der Waals surface area contributed by atoms with Gasteiger partial charge in [0.1, 0.15) is 11.5 Å². The molecular weight excluding hydrogens is 626 g/mol. The van der Waals surface area contributed by atoms with Crippen LogP contribution in [0.4, 0.5) is 0 Å². The average Bonchev–Trinajstić information content (AvgIpc) is 3.32. The Balaban J connectivity index is 1.60. The molecule has 258 valence electrons. The number of benzene rings is 3. The zero-order valence-corrected chi connectivity index (χ0v) is 29.6. The Kier molecular flexibility index (Phi) is 10.8. The Morgan fingerprint density at radius 1 is 1.00 bits per heavy atom. The van der Waals surface area contributed by atoms with E-state index < -0.39 is 27.1 Å². The fraction of sp³-hybridized carbons (Fsp3) is 0.462. The van der Waals surface area contributed by atoms with Gasteiger partial charge in [-0.3, -0.25) is 4.79 Å². The molecule has 0 amide bonds. The van der Waals surface area contributed by atoms with Crippen molar-refractivity contribution in [3.8, 4) is 11.5 Å². The number of ketones is 1. The van der Waals surface area contributed by atoms with Gasteiger partial charge in [-0.2, -0.15) is 4.31 Å². The molecule has 9 heteroatoms. The Morgan fingerprint density at radius 2 is 1.75 bits per heavy atom. The Morgan fingerprint density at radius 3 is 2.44 bits per heavy atom. The summed E-state index contributed by atoms with van der Waals surface area (Å²) in [5.74, 6) is 0.763. The SMILES string of the molecule is COc1ccc(CN(CC2(O)CCC3c4ccc(cc4C(=O)c4ccccc4)CC(O)CCC(C)=CCCC32C)S(C)(=O)=O)c(OC)c1. The molecule has 4 atom stereocenters. The lowest BCUT2D eigenvalue weighted by Gasteiger charge is -2.45. The molecule has 8 nitrogen and oxygen atoms in total. The number of allylic oxidation sites excluding steroid dienone is 2. The second-order valence-electron chi connectivity index (χ2n) is 13.9. The van der Waals surface area contributed by atoms with Crippen molar-refractivity contribution in [1.29, 1.82) is 0 Å². The maximum atomic E-state index is 14.1. The van der Waals surface area contributed by atoms with Crippen LogP contribution in [0.5, 0.6) is 11.5 Å². The number of hydrogen-bond donors (Lipinski definition) is 2. The van der Waals surface area contributed by atoms with Crippen LogP contribution in [0.25, 0.3) is 0 Å². The van der Waals surface area contributed by atoms with Crippen LogP contribution in [0.1, 0.15) is 90.9 Å². The molecule has 1 fully saturated rings. The highest BCUT2D eigenvalue weighted by atomic mass is 32.2. The highest BCUT2D eigenvalue weighted by Gasteiger charge is 2.58. The van der Waals surface area contributed by atoms with E-state index in [0.29, 0.717) is 66.7 Å². The summed E-state index contributed by atoms with van der Waals surface area (Å²) in [5, 5.41) is 23.7. The van der Waals surface area contributed by atoms with Crippen LogP contribution in [-0.2, 0) is 23.0 Å². The smallest absolute Gasteiger partial charge is 0.211 e. The van der Waals surface area contributed by atoms with Crippen molar-refractivity contribution in [2.24, 2.45) is 5.41 Å². The number of carbonyl (C=O) groups excluding carboxylic acids is 1. The first-order chi connectivity index (χ1) is 22.8. The third kappa shape index (κ3) is 7.54. The Labute approximate surface area is 285 Å². The van der Waals surface area contributed by atoms with Crippen LogP contribution >= 0.6 is 0 Å². The Hall–Kier alpha value is -3.50. The fourth-order valence-electron chi connectivity index (χ4n) is 7.70. The van der Waals surface area contributed by atoms with Crippen molar-refractivity contribution in [3.63, 3.8) is 0 Å². The molecule has 6 rings (SSSR count). The summed E-state index contributed by atoms with van der Waals surface area (Å²) in [6, 6.07) is 20.4. The molecule has 3 aliphatic rings. The summed E-state index contributed by atoms with van der Waals surface area (Å²) in [5.41, 5.74) is 2.52. The molecule has 3 aliphatic carbocycles. The summed E-state index contributed by atoms with van der Waals surface area (Å²) >= 11 is 0. The van der Waals surface area contributed by atoms with Gasteiger partial charge < -0.3 is 19.7 Å². The Bertz CT molecular complexity index is 1760. The number of ether oxygens (including phenoxy) is 2. The van der Waals surface area contributed by atoms with Gasteiger partial charge in [0.2, 0.25) is 10.0 Å². The first kappa shape index (κ1) is 35.8. The second kappa shape index (κ2) is 14.5. The van der Waals surface area contributed by atoms with Crippen molar-refractivity contribution >= 4 is 15.8 Å². The van der Waals surface area contributed by atoms with Crippen LogP contribution in [0.2, 0.25) is 0 Å². The number of rotatable bonds is 9. The van der Waals surface area contributed by atoms with Crippen molar-refractivity contribution in [2.75, 3.05) is 27.0 Å². The summed E-state index contributed by atoms with van der Waals surface area (Å²) in [4.78, 5) is 14.1. The molecule has 48 heavy (non-hydrogen) atoms. The fourth-order valence-corrected chi connectivity index (χ4v) is 8.52. The number of aliphatic hydroxyl groups is 2. The van der Waals surface area contributed by atoms with Gasteiger partial charge >= 0.3 is 0 Å². The lowest BCUT2D eigenvalue weighted by molar-refractivity contribution is -0.0731. The summed E-state index contributed by atoms with van der Waals surface area (Å²) in [7, 11) is -0.677. The van der Waals surface area contributed by atoms with E-state index in [-0.39, 0.29) is 24.8 Å². The van der Waals surface area contributed by atoms with E-state index in [1.807, 2.05) is 36.4 Å². The maximum Gasteiger partial charge on any atom is 0.211 e. The van der Waals surface area contributed by atoms with Crippen molar-refractivity contribution in [3.05, 3.63) is 106 Å². The molecule has 2 bridgehead atoms. The maximum absolute atomic E-state index is 14.1. The second-order valence-corrected chi connectivity index (χ2v) is 15.8. The lowest BCUT2D eigenvalue weighted by Crippen LogP contribution is -2.53. The molecule has 1 saturated carbocycles. The van der Waals surface area contributed by atoms with E-state index in [1.54, 1.807) is 37.4 Å². The summed E-state index contributed by atoms with van der Waals surface area (Å²) in [6.45, 7) is 4.03. The minimum atomic E-state index is -3.77. The molecule has 0 heterocycles. The van der Waals surface area contributed by atoms with Gasteiger partial charge in [-0.15, -0.1) is 0 Å². The van der Waals surface area contributed by atoms with E-state index in [4.69, 9.17) is 9.47 Å². The molecule has 0 spiro atoms. The van der Waals surface area contributed by atoms with E-state index in [1.165, 1.54) is 23.2 Å². The minimum Gasteiger partial charge on any atom is -0.497 e. The highest BCUT2D eigenvalue weighted by molar-refractivity contribution is 7.88. The first-order valence-corrected chi connectivity index (χ1v) is 18.6. The van der Waals surface area contributed by atoms with Gasteiger partial charge in [0.25, 0.3) is 0 Å². The molecule has 3 aromatic carbocycles. The molecular formula is C39H49NO7S. The zero-order chi connectivity index (χ0) is 34.7. The topological polar surface area (TPSA) is 113 Å². The van der Waals surface area contributed by atoms with Crippen LogP contribution in [0.15, 0.2) is 78.4 Å². The van der Waals surface area contributed by atoms with E-state index in [2.05, 4.69) is 19.9 Å². The van der Waals surface area contributed by atoms with Crippen molar-refractivity contribution in [1.82, 2.24) is 4.31 Å². The number of carbonyl (C=O) groups is 1. The quantitative estimate of drug-likeness (QED) is 0.198. The predicted molar refractivity (Wildman–Crippen MR) is 188 cm³/mol. The highest BCUT2D eigenvalue weighted by Crippen LogP contribution is 2.59. The molecule has 0 saturated heterocycles. The predicted octanol–water partition coefficient (Wildman–Crippen LogP) is 6.44. The molecule has 0 radical (unpaired) electrons.